The maximum Gasteiger partial charge on any atom is 0.303 e. The molecule has 1 atom stereocenters. The van der Waals surface area contributed by atoms with E-state index in [9.17, 15) is 9.59 Å². The van der Waals surface area contributed by atoms with Crippen LogP contribution in [0.15, 0.2) is 30.3 Å². The van der Waals surface area contributed by atoms with Crippen LogP contribution < -0.4 is 11.1 Å². The van der Waals surface area contributed by atoms with Crippen LogP contribution in [-0.4, -0.2) is 29.6 Å². The van der Waals surface area contributed by atoms with Gasteiger partial charge in [-0.1, -0.05) is 36.8 Å². The lowest BCUT2D eigenvalue weighted by Gasteiger charge is -2.12. The quantitative estimate of drug-likeness (QED) is 0.572. The molecular formula is C16H24N2O3. The Morgan fingerprint density at radius 3 is 2.52 bits per heavy atom. The van der Waals surface area contributed by atoms with Crippen molar-refractivity contribution in [2.45, 2.75) is 44.6 Å². The van der Waals surface area contributed by atoms with Crippen LogP contribution >= 0.6 is 0 Å². The third kappa shape index (κ3) is 8.09. The van der Waals surface area contributed by atoms with Crippen molar-refractivity contribution in [2.24, 2.45) is 5.73 Å². The summed E-state index contributed by atoms with van der Waals surface area (Å²) in [5, 5.41) is 11.3. The number of hydrogen-bond acceptors (Lipinski definition) is 3. The summed E-state index contributed by atoms with van der Waals surface area (Å²) in [6, 6.07) is 9.45. The zero-order valence-electron chi connectivity index (χ0n) is 12.3. The molecule has 21 heavy (non-hydrogen) atoms. The summed E-state index contributed by atoms with van der Waals surface area (Å²) in [5.74, 6) is -0.911. The van der Waals surface area contributed by atoms with E-state index < -0.39 is 12.0 Å². The van der Waals surface area contributed by atoms with Crippen molar-refractivity contribution in [3.8, 4) is 0 Å². The van der Waals surface area contributed by atoms with Crippen LogP contribution in [-0.2, 0) is 16.0 Å². The lowest BCUT2D eigenvalue weighted by atomic mass is 10.1. The molecule has 0 radical (unpaired) electrons. The van der Waals surface area contributed by atoms with E-state index in [4.69, 9.17) is 10.8 Å². The molecule has 116 valence electrons. The van der Waals surface area contributed by atoms with Crippen LogP contribution in [0.4, 0.5) is 0 Å². The lowest BCUT2D eigenvalue weighted by Crippen LogP contribution is -2.41. The molecule has 0 aliphatic heterocycles. The minimum atomic E-state index is -0.776. The van der Waals surface area contributed by atoms with E-state index in [1.807, 2.05) is 30.3 Å². The molecule has 0 saturated carbocycles. The number of unbranched alkanes of at least 4 members (excludes halogenated alkanes) is 2. The highest BCUT2D eigenvalue weighted by molar-refractivity contribution is 5.81. The molecule has 0 aliphatic carbocycles. The molecule has 0 spiro atoms. The molecule has 0 aliphatic rings. The Kier molecular flexibility index (Phi) is 8.12. The van der Waals surface area contributed by atoms with Gasteiger partial charge >= 0.3 is 5.97 Å². The zero-order valence-corrected chi connectivity index (χ0v) is 12.3. The van der Waals surface area contributed by atoms with E-state index in [1.165, 1.54) is 5.56 Å². The minimum absolute atomic E-state index is 0.135. The first-order valence-corrected chi connectivity index (χ1v) is 7.38. The van der Waals surface area contributed by atoms with Crippen LogP contribution in [0.1, 0.15) is 37.7 Å². The molecule has 1 rings (SSSR count). The van der Waals surface area contributed by atoms with Gasteiger partial charge < -0.3 is 16.2 Å². The van der Waals surface area contributed by atoms with Gasteiger partial charge in [0.15, 0.2) is 0 Å². The van der Waals surface area contributed by atoms with Crippen molar-refractivity contribution in [2.75, 3.05) is 6.54 Å². The number of amides is 1. The fourth-order valence-electron chi connectivity index (χ4n) is 2.02. The molecule has 4 N–H and O–H groups in total. The molecule has 0 heterocycles. The fourth-order valence-corrected chi connectivity index (χ4v) is 2.02. The second-order valence-corrected chi connectivity index (χ2v) is 5.13. The first-order valence-electron chi connectivity index (χ1n) is 7.38. The maximum atomic E-state index is 11.8. The average Bonchev–Trinajstić information content (AvgIpc) is 2.48. The van der Waals surface area contributed by atoms with Gasteiger partial charge in [0, 0.05) is 13.0 Å². The number of aryl methyl sites for hydroxylation is 1. The monoisotopic (exact) mass is 292 g/mol. The molecule has 0 fully saturated rings. The van der Waals surface area contributed by atoms with E-state index >= 15 is 0 Å². The van der Waals surface area contributed by atoms with Gasteiger partial charge in [0.2, 0.25) is 5.91 Å². The Morgan fingerprint density at radius 1 is 1.14 bits per heavy atom. The Morgan fingerprint density at radius 2 is 1.86 bits per heavy atom. The van der Waals surface area contributed by atoms with Crippen molar-refractivity contribution in [1.82, 2.24) is 5.32 Å². The number of carboxylic acids is 1. The van der Waals surface area contributed by atoms with Gasteiger partial charge in [-0.15, -0.1) is 0 Å². The Balaban J connectivity index is 2.09. The number of carbonyl (C=O) groups is 2. The summed E-state index contributed by atoms with van der Waals surface area (Å²) in [6.07, 6.45) is 3.81. The summed E-state index contributed by atoms with van der Waals surface area (Å²) >= 11 is 0. The van der Waals surface area contributed by atoms with Crippen LogP contribution in [0.5, 0.6) is 0 Å². The first kappa shape index (κ1) is 17.2. The summed E-state index contributed by atoms with van der Waals surface area (Å²) < 4.78 is 0. The van der Waals surface area contributed by atoms with Crippen LogP contribution in [0.3, 0.4) is 0 Å². The lowest BCUT2D eigenvalue weighted by molar-refractivity contribution is -0.137. The molecule has 0 aromatic heterocycles. The SMILES string of the molecule is N[C@@H](CCc1ccccc1)C(=O)NCCCCCC(=O)O. The number of rotatable bonds is 10. The Labute approximate surface area is 125 Å². The highest BCUT2D eigenvalue weighted by atomic mass is 16.4. The van der Waals surface area contributed by atoms with Crippen molar-refractivity contribution in [3.05, 3.63) is 35.9 Å². The molecule has 1 amide bonds. The van der Waals surface area contributed by atoms with E-state index in [1.54, 1.807) is 0 Å². The Bertz CT molecular complexity index is 434. The average molecular weight is 292 g/mol. The summed E-state index contributed by atoms with van der Waals surface area (Å²) in [7, 11) is 0. The third-order valence-electron chi connectivity index (χ3n) is 3.29. The number of hydrogen-bond donors (Lipinski definition) is 3. The first-order chi connectivity index (χ1) is 10.1. The number of nitrogens with one attached hydrogen (secondary N) is 1. The van der Waals surface area contributed by atoms with E-state index in [2.05, 4.69) is 5.32 Å². The van der Waals surface area contributed by atoms with Crippen LogP contribution in [0, 0.1) is 0 Å². The normalized spacial score (nSPS) is 11.9. The zero-order chi connectivity index (χ0) is 15.5. The highest BCUT2D eigenvalue weighted by Gasteiger charge is 2.12. The summed E-state index contributed by atoms with van der Waals surface area (Å²) in [5.41, 5.74) is 7.03. The van der Waals surface area contributed by atoms with Gasteiger partial charge in [-0.25, -0.2) is 0 Å². The molecule has 0 bridgehead atoms. The summed E-state index contributed by atoms with van der Waals surface area (Å²) in [6.45, 7) is 0.553. The number of nitrogens with two attached hydrogens (primary N) is 1. The van der Waals surface area contributed by atoms with Crippen molar-refractivity contribution in [3.63, 3.8) is 0 Å². The van der Waals surface area contributed by atoms with Gasteiger partial charge in [0.1, 0.15) is 0 Å². The molecule has 5 nitrogen and oxygen atoms in total. The van der Waals surface area contributed by atoms with Crippen molar-refractivity contribution < 1.29 is 14.7 Å². The van der Waals surface area contributed by atoms with E-state index in [0.29, 0.717) is 19.4 Å². The fraction of sp³-hybridized carbons (Fsp3) is 0.500. The second kappa shape index (κ2) is 9.94. The standard InChI is InChI=1S/C16H24N2O3/c17-14(11-10-13-7-3-1-4-8-13)16(21)18-12-6-2-5-9-15(19)20/h1,3-4,7-8,14H,2,5-6,9-12,17H2,(H,18,21)(H,19,20)/t14-/m0/s1. The van der Waals surface area contributed by atoms with Crippen LogP contribution in [0.2, 0.25) is 0 Å². The van der Waals surface area contributed by atoms with Gasteiger partial charge in [-0.2, -0.15) is 0 Å². The van der Waals surface area contributed by atoms with Gasteiger partial charge in [0.05, 0.1) is 6.04 Å². The molecule has 0 unspecified atom stereocenters. The van der Waals surface area contributed by atoms with E-state index in [0.717, 1.165) is 19.3 Å². The highest BCUT2D eigenvalue weighted by Crippen LogP contribution is 2.04. The molecular weight excluding hydrogens is 268 g/mol. The number of carboxylic acid groups (broad SMARTS) is 1. The molecule has 1 aromatic carbocycles. The predicted octanol–water partition coefficient (Wildman–Crippen LogP) is 1.71. The smallest absolute Gasteiger partial charge is 0.303 e. The predicted molar refractivity (Wildman–Crippen MR) is 81.9 cm³/mol. The number of benzene rings is 1. The summed E-state index contributed by atoms with van der Waals surface area (Å²) in [4.78, 5) is 22.1. The maximum absolute atomic E-state index is 11.8. The van der Waals surface area contributed by atoms with Crippen molar-refractivity contribution in [1.29, 1.82) is 0 Å². The van der Waals surface area contributed by atoms with Crippen molar-refractivity contribution >= 4 is 11.9 Å². The third-order valence-corrected chi connectivity index (χ3v) is 3.29. The minimum Gasteiger partial charge on any atom is -0.481 e. The molecule has 5 heteroatoms. The van der Waals surface area contributed by atoms with Gasteiger partial charge in [0.25, 0.3) is 0 Å². The largest absolute Gasteiger partial charge is 0.481 e. The molecule has 0 saturated heterocycles. The molecule has 1 aromatic rings. The van der Waals surface area contributed by atoms with Gasteiger partial charge in [-0.3, -0.25) is 9.59 Å². The van der Waals surface area contributed by atoms with E-state index in [-0.39, 0.29) is 12.3 Å². The second-order valence-electron chi connectivity index (χ2n) is 5.13. The van der Waals surface area contributed by atoms with Gasteiger partial charge in [-0.05, 0) is 31.2 Å². The Hall–Kier alpha value is -1.88. The topological polar surface area (TPSA) is 92.4 Å². The van der Waals surface area contributed by atoms with Crippen LogP contribution in [0.25, 0.3) is 0 Å². The number of carbonyl (C=O) groups excluding carboxylic acids is 1. The number of aliphatic carboxylic acids is 1.